The summed E-state index contributed by atoms with van der Waals surface area (Å²) in [6, 6.07) is 5.60. The Hall–Kier alpha value is -1.87. The molecule has 1 rings (SSSR count). The van der Waals surface area contributed by atoms with Crippen LogP contribution in [0.4, 0.5) is 4.39 Å². The lowest BCUT2D eigenvalue weighted by atomic mass is 9.76. The number of halogens is 1. The predicted molar refractivity (Wildman–Crippen MR) is 84.6 cm³/mol. The summed E-state index contributed by atoms with van der Waals surface area (Å²) in [7, 11) is 0. The van der Waals surface area contributed by atoms with Crippen LogP contribution in [-0.2, 0) is 10.8 Å². The van der Waals surface area contributed by atoms with Gasteiger partial charge in [0, 0.05) is 0 Å². The third-order valence-electron chi connectivity index (χ3n) is 3.11. The SMILES string of the molecule is CC.CC(C)(C)c1cc(C(C)(C)C)c(C#N)c(F)c1C#N. The minimum Gasteiger partial charge on any atom is -0.204 e. The van der Waals surface area contributed by atoms with E-state index in [1.807, 2.05) is 67.5 Å². The summed E-state index contributed by atoms with van der Waals surface area (Å²) < 4.78 is 14.4. The van der Waals surface area contributed by atoms with Gasteiger partial charge in [-0.3, -0.25) is 0 Å². The summed E-state index contributed by atoms with van der Waals surface area (Å²) in [5, 5.41) is 18.4. The van der Waals surface area contributed by atoms with Crippen LogP contribution >= 0.6 is 0 Å². The summed E-state index contributed by atoms with van der Waals surface area (Å²) in [5.74, 6) is -0.692. The number of rotatable bonds is 0. The quantitative estimate of drug-likeness (QED) is 0.659. The first kappa shape index (κ1) is 19.1. The standard InChI is InChI=1S/C16H19FN2.C2H6/c1-15(2,3)12-7-13(16(4,5)6)11(9-19)14(17)10(12)8-18;1-2/h7H,1-6H3;1-2H3. The normalized spacial score (nSPS) is 11.0. The van der Waals surface area contributed by atoms with Gasteiger partial charge in [0.25, 0.3) is 0 Å². The van der Waals surface area contributed by atoms with Gasteiger partial charge in [-0.15, -0.1) is 0 Å². The van der Waals surface area contributed by atoms with Crippen LogP contribution in [0.15, 0.2) is 6.07 Å². The molecule has 0 amide bonds. The highest BCUT2D eigenvalue weighted by Gasteiger charge is 2.29. The molecule has 0 heterocycles. The lowest BCUT2D eigenvalue weighted by Gasteiger charge is -2.27. The van der Waals surface area contributed by atoms with Crippen molar-refractivity contribution in [3.05, 3.63) is 34.1 Å². The van der Waals surface area contributed by atoms with Crippen LogP contribution in [0.3, 0.4) is 0 Å². The average molecular weight is 288 g/mol. The maximum Gasteiger partial charge on any atom is 0.159 e. The molecule has 0 saturated carbocycles. The van der Waals surface area contributed by atoms with Gasteiger partial charge in [-0.2, -0.15) is 10.5 Å². The smallest absolute Gasteiger partial charge is 0.159 e. The Labute approximate surface area is 128 Å². The van der Waals surface area contributed by atoms with Gasteiger partial charge in [-0.1, -0.05) is 61.5 Å². The van der Waals surface area contributed by atoms with Crippen LogP contribution in [0.5, 0.6) is 0 Å². The second-order valence-corrected chi connectivity index (χ2v) is 6.76. The van der Waals surface area contributed by atoms with Gasteiger partial charge in [0.15, 0.2) is 5.82 Å². The Morgan fingerprint density at radius 3 is 1.29 bits per heavy atom. The molecule has 0 aliphatic rings. The van der Waals surface area contributed by atoms with E-state index in [2.05, 4.69) is 0 Å². The zero-order valence-corrected chi connectivity index (χ0v) is 14.3. The van der Waals surface area contributed by atoms with E-state index >= 15 is 0 Å². The Balaban J connectivity index is 0.00000191. The van der Waals surface area contributed by atoms with Crippen LogP contribution in [0.2, 0.25) is 0 Å². The number of benzene rings is 1. The van der Waals surface area contributed by atoms with Crippen molar-refractivity contribution in [2.24, 2.45) is 0 Å². The summed E-state index contributed by atoms with van der Waals surface area (Å²) in [5.41, 5.74) is 0.571. The molecular formula is C18H25FN2. The van der Waals surface area contributed by atoms with Crippen LogP contribution in [0, 0.1) is 28.5 Å². The van der Waals surface area contributed by atoms with E-state index < -0.39 is 5.82 Å². The van der Waals surface area contributed by atoms with Crippen molar-refractivity contribution < 1.29 is 4.39 Å². The van der Waals surface area contributed by atoms with Crippen LogP contribution < -0.4 is 0 Å². The maximum atomic E-state index is 14.4. The van der Waals surface area contributed by atoms with Gasteiger partial charge >= 0.3 is 0 Å². The topological polar surface area (TPSA) is 47.6 Å². The fourth-order valence-electron chi connectivity index (χ4n) is 2.05. The molecule has 0 atom stereocenters. The van der Waals surface area contributed by atoms with Gasteiger partial charge in [0.05, 0.1) is 11.1 Å². The zero-order valence-electron chi connectivity index (χ0n) is 14.3. The molecule has 0 aliphatic carbocycles. The number of hydrogen-bond donors (Lipinski definition) is 0. The molecule has 0 aromatic heterocycles. The monoisotopic (exact) mass is 288 g/mol. The first-order chi connectivity index (χ1) is 9.54. The van der Waals surface area contributed by atoms with Crippen molar-refractivity contribution in [3.63, 3.8) is 0 Å². The fraction of sp³-hybridized carbons (Fsp3) is 0.556. The molecule has 2 nitrogen and oxygen atoms in total. The highest BCUT2D eigenvalue weighted by molar-refractivity contribution is 5.54. The van der Waals surface area contributed by atoms with E-state index in [0.29, 0.717) is 11.1 Å². The minimum atomic E-state index is -0.692. The van der Waals surface area contributed by atoms with Gasteiger partial charge in [0.2, 0.25) is 0 Å². The molecule has 0 aliphatic heterocycles. The molecule has 0 N–H and O–H groups in total. The van der Waals surface area contributed by atoms with E-state index in [0.717, 1.165) is 0 Å². The summed E-state index contributed by atoms with van der Waals surface area (Å²) in [4.78, 5) is 0. The Morgan fingerprint density at radius 2 is 1.10 bits per heavy atom. The molecule has 0 bridgehead atoms. The highest BCUT2D eigenvalue weighted by atomic mass is 19.1. The van der Waals surface area contributed by atoms with E-state index in [9.17, 15) is 14.9 Å². The molecule has 0 fully saturated rings. The van der Waals surface area contributed by atoms with Crippen LogP contribution in [-0.4, -0.2) is 0 Å². The summed E-state index contributed by atoms with van der Waals surface area (Å²) in [6.07, 6.45) is 0. The molecule has 0 saturated heterocycles. The Bertz CT molecular complexity index is 538. The van der Waals surface area contributed by atoms with Gasteiger partial charge in [0.1, 0.15) is 12.1 Å². The van der Waals surface area contributed by atoms with E-state index in [-0.39, 0.29) is 22.0 Å². The lowest BCUT2D eigenvalue weighted by molar-refractivity contribution is 0.540. The van der Waals surface area contributed by atoms with E-state index in [4.69, 9.17) is 0 Å². The Kier molecular flexibility index (Phi) is 6.12. The zero-order chi connectivity index (χ0) is 17.0. The molecule has 114 valence electrons. The first-order valence-electron chi connectivity index (χ1n) is 7.21. The molecular weight excluding hydrogens is 263 g/mol. The molecule has 0 radical (unpaired) electrons. The third-order valence-corrected chi connectivity index (χ3v) is 3.11. The predicted octanol–water partition coefficient (Wildman–Crippen LogP) is 5.19. The van der Waals surface area contributed by atoms with Crippen molar-refractivity contribution in [3.8, 4) is 12.1 Å². The molecule has 0 unspecified atom stereocenters. The lowest BCUT2D eigenvalue weighted by Crippen LogP contribution is -2.21. The number of hydrogen-bond acceptors (Lipinski definition) is 2. The molecule has 3 heteroatoms. The average Bonchev–Trinajstić information content (AvgIpc) is 2.37. The molecule has 1 aromatic carbocycles. The van der Waals surface area contributed by atoms with E-state index in [1.54, 1.807) is 6.07 Å². The van der Waals surface area contributed by atoms with Crippen molar-refractivity contribution in [1.29, 1.82) is 10.5 Å². The second kappa shape index (κ2) is 6.72. The summed E-state index contributed by atoms with van der Waals surface area (Å²) >= 11 is 0. The van der Waals surface area contributed by atoms with Crippen LogP contribution in [0.1, 0.15) is 77.6 Å². The van der Waals surface area contributed by atoms with Crippen molar-refractivity contribution in [2.75, 3.05) is 0 Å². The van der Waals surface area contributed by atoms with Crippen molar-refractivity contribution in [2.45, 2.75) is 66.2 Å². The first-order valence-corrected chi connectivity index (χ1v) is 7.21. The number of nitriles is 2. The second-order valence-electron chi connectivity index (χ2n) is 6.76. The minimum absolute atomic E-state index is 0.0166. The highest BCUT2D eigenvalue weighted by Crippen LogP contribution is 2.35. The Morgan fingerprint density at radius 1 is 0.810 bits per heavy atom. The van der Waals surface area contributed by atoms with Gasteiger partial charge < -0.3 is 0 Å². The van der Waals surface area contributed by atoms with E-state index in [1.165, 1.54) is 0 Å². The molecule has 0 spiro atoms. The summed E-state index contributed by atoms with van der Waals surface area (Å²) in [6.45, 7) is 15.6. The fourth-order valence-corrected chi connectivity index (χ4v) is 2.05. The maximum absolute atomic E-state index is 14.4. The third kappa shape index (κ3) is 4.05. The number of nitrogens with zero attached hydrogens (tertiary/aromatic N) is 2. The van der Waals surface area contributed by atoms with Crippen molar-refractivity contribution >= 4 is 0 Å². The molecule has 1 aromatic rings. The van der Waals surface area contributed by atoms with Crippen LogP contribution in [0.25, 0.3) is 0 Å². The van der Waals surface area contributed by atoms with Crippen molar-refractivity contribution in [1.82, 2.24) is 0 Å². The largest absolute Gasteiger partial charge is 0.204 e. The van der Waals surface area contributed by atoms with Gasteiger partial charge in [-0.05, 0) is 22.0 Å². The van der Waals surface area contributed by atoms with Gasteiger partial charge in [-0.25, -0.2) is 4.39 Å². The molecule has 21 heavy (non-hydrogen) atoms.